The first-order chi connectivity index (χ1) is 9.97. The number of aryl methyl sites for hydroxylation is 2. The zero-order chi connectivity index (χ0) is 15.4. The summed E-state index contributed by atoms with van der Waals surface area (Å²) in [6.07, 6.45) is 1.98. The second-order valence-electron chi connectivity index (χ2n) is 4.64. The van der Waals surface area contributed by atoms with Crippen LogP contribution >= 0.6 is 0 Å². The van der Waals surface area contributed by atoms with Crippen LogP contribution in [0, 0.1) is 5.82 Å². The van der Waals surface area contributed by atoms with E-state index >= 15 is 0 Å². The van der Waals surface area contributed by atoms with Crippen molar-refractivity contribution in [1.29, 1.82) is 0 Å². The number of benzene rings is 1. The summed E-state index contributed by atoms with van der Waals surface area (Å²) in [7, 11) is 1.60. The van der Waals surface area contributed by atoms with E-state index in [-0.39, 0.29) is 23.7 Å². The van der Waals surface area contributed by atoms with E-state index in [0.717, 1.165) is 0 Å². The van der Waals surface area contributed by atoms with Gasteiger partial charge in [-0.2, -0.15) is 5.10 Å². The molecular weight excluding hydrogens is 277 g/mol. The van der Waals surface area contributed by atoms with E-state index in [0.29, 0.717) is 18.7 Å². The van der Waals surface area contributed by atoms with Gasteiger partial charge in [0.2, 0.25) is 5.91 Å². The highest BCUT2D eigenvalue weighted by Gasteiger charge is 2.08. The van der Waals surface area contributed by atoms with Gasteiger partial charge in [0, 0.05) is 25.7 Å². The lowest BCUT2D eigenvalue weighted by molar-refractivity contribution is -0.116. The normalized spacial score (nSPS) is 10.6. The molecule has 1 amide bonds. The molecule has 0 saturated heterocycles. The summed E-state index contributed by atoms with van der Waals surface area (Å²) < 4.78 is 16.1. The Labute approximate surface area is 120 Å². The average Bonchev–Trinajstić information content (AvgIpc) is 2.75. The molecule has 7 nitrogen and oxygen atoms in total. The Hall–Kier alpha value is -2.64. The Bertz CT molecular complexity index is 707. The van der Waals surface area contributed by atoms with Crippen molar-refractivity contribution < 1.29 is 9.18 Å². The molecule has 3 N–H and O–H groups in total. The molecule has 112 valence electrons. The molecule has 21 heavy (non-hydrogen) atoms. The first kappa shape index (κ1) is 14.8. The number of halogens is 1. The molecule has 0 radical (unpaired) electrons. The molecular formula is C13H16FN5O2. The predicted molar refractivity (Wildman–Crippen MR) is 76.1 cm³/mol. The van der Waals surface area contributed by atoms with Crippen molar-refractivity contribution in [2.45, 2.75) is 19.4 Å². The fraction of sp³-hybridized carbons (Fsp3) is 0.308. The summed E-state index contributed by atoms with van der Waals surface area (Å²) in [6.45, 7) is 0.326. The Morgan fingerprint density at radius 3 is 2.90 bits per heavy atom. The largest absolute Gasteiger partial charge is 0.399 e. The minimum Gasteiger partial charge on any atom is -0.399 e. The number of rotatable bonds is 5. The van der Waals surface area contributed by atoms with Crippen molar-refractivity contribution in [3.8, 4) is 0 Å². The average molecular weight is 293 g/mol. The van der Waals surface area contributed by atoms with Gasteiger partial charge in [-0.1, -0.05) is 0 Å². The van der Waals surface area contributed by atoms with Gasteiger partial charge in [-0.25, -0.2) is 13.9 Å². The number of nitrogens with zero attached hydrogens (tertiary/aromatic N) is 3. The van der Waals surface area contributed by atoms with Crippen LogP contribution in [0.1, 0.15) is 12.8 Å². The topological polar surface area (TPSA) is 94.9 Å². The van der Waals surface area contributed by atoms with Crippen LogP contribution in [0.3, 0.4) is 0 Å². The first-order valence-corrected chi connectivity index (χ1v) is 6.40. The van der Waals surface area contributed by atoms with Crippen molar-refractivity contribution in [3.05, 3.63) is 40.8 Å². The number of hydrogen-bond acceptors (Lipinski definition) is 4. The fourth-order valence-electron chi connectivity index (χ4n) is 1.81. The van der Waals surface area contributed by atoms with E-state index in [1.807, 2.05) is 0 Å². The number of hydrogen-bond donors (Lipinski definition) is 2. The van der Waals surface area contributed by atoms with Crippen molar-refractivity contribution in [1.82, 2.24) is 14.3 Å². The number of carbonyl (C=O) groups is 1. The smallest absolute Gasteiger partial charge is 0.345 e. The summed E-state index contributed by atoms with van der Waals surface area (Å²) in [6, 6.07) is 3.97. The van der Waals surface area contributed by atoms with Crippen LogP contribution in [0.15, 0.2) is 29.3 Å². The Kier molecular flexibility index (Phi) is 4.36. The van der Waals surface area contributed by atoms with Crippen LogP contribution in [-0.2, 0) is 18.4 Å². The van der Waals surface area contributed by atoms with Gasteiger partial charge in [-0.3, -0.25) is 9.36 Å². The number of nitrogens with one attached hydrogen (secondary N) is 1. The number of nitrogens with two attached hydrogens (primary N) is 1. The van der Waals surface area contributed by atoms with Crippen molar-refractivity contribution in [2.75, 3.05) is 11.1 Å². The van der Waals surface area contributed by atoms with Crippen LogP contribution in [0.25, 0.3) is 0 Å². The number of nitrogen functional groups attached to an aromatic ring is 1. The molecule has 0 spiro atoms. The van der Waals surface area contributed by atoms with E-state index in [1.54, 1.807) is 7.05 Å². The molecule has 0 bridgehead atoms. The molecule has 0 atom stereocenters. The monoisotopic (exact) mass is 293 g/mol. The standard InChI is InChI=1S/C13H16FN5O2/c1-18-8-16-19(13(18)21)6-2-3-12(20)17-11-7-9(15)4-5-10(11)14/h4-5,7-8H,2-3,6,15H2,1H3,(H,17,20). The molecule has 0 aliphatic heterocycles. The molecule has 8 heteroatoms. The van der Waals surface area contributed by atoms with E-state index in [1.165, 1.54) is 33.8 Å². The minimum absolute atomic E-state index is 0.0509. The molecule has 0 unspecified atom stereocenters. The van der Waals surface area contributed by atoms with E-state index in [9.17, 15) is 14.0 Å². The highest BCUT2D eigenvalue weighted by Crippen LogP contribution is 2.17. The lowest BCUT2D eigenvalue weighted by Gasteiger charge is -2.07. The first-order valence-electron chi connectivity index (χ1n) is 6.40. The van der Waals surface area contributed by atoms with Gasteiger partial charge in [0.25, 0.3) is 0 Å². The lowest BCUT2D eigenvalue weighted by Crippen LogP contribution is -2.23. The SMILES string of the molecule is Cn1cnn(CCCC(=O)Nc2cc(N)ccc2F)c1=O. The summed E-state index contributed by atoms with van der Waals surface area (Å²) in [5.74, 6) is -0.887. The van der Waals surface area contributed by atoms with Gasteiger partial charge in [0.1, 0.15) is 12.1 Å². The Balaban J connectivity index is 1.86. The van der Waals surface area contributed by atoms with Crippen LogP contribution in [0.4, 0.5) is 15.8 Å². The molecule has 2 rings (SSSR count). The minimum atomic E-state index is -0.543. The molecule has 0 aliphatic rings. The van der Waals surface area contributed by atoms with Crippen molar-refractivity contribution in [2.24, 2.45) is 7.05 Å². The van der Waals surface area contributed by atoms with Crippen LogP contribution < -0.4 is 16.7 Å². The zero-order valence-corrected chi connectivity index (χ0v) is 11.5. The molecule has 1 heterocycles. The van der Waals surface area contributed by atoms with Crippen LogP contribution in [-0.4, -0.2) is 20.3 Å². The third kappa shape index (κ3) is 3.68. The van der Waals surface area contributed by atoms with E-state index < -0.39 is 5.82 Å². The molecule has 1 aromatic heterocycles. The highest BCUT2D eigenvalue weighted by atomic mass is 19.1. The van der Waals surface area contributed by atoms with Crippen LogP contribution in [0.5, 0.6) is 0 Å². The number of aromatic nitrogens is 3. The van der Waals surface area contributed by atoms with Gasteiger partial charge < -0.3 is 11.1 Å². The van der Waals surface area contributed by atoms with Gasteiger partial charge in [-0.05, 0) is 24.6 Å². The third-order valence-corrected chi connectivity index (χ3v) is 2.93. The second-order valence-corrected chi connectivity index (χ2v) is 4.64. The van der Waals surface area contributed by atoms with Crippen LogP contribution in [0.2, 0.25) is 0 Å². The molecule has 2 aromatic rings. The molecule has 0 fully saturated rings. The third-order valence-electron chi connectivity index (χ3n) is 2.93. The van der Waals surface area contributed by atoms with E-state index in [2.05, 4.69) is 10.4 Å². The summed E-state index contributed by atoms with van der Waals surface area (Å²) in [5, 5.41) is 6.33. The number of amides is 1. The maximum Gasteiger partial charge on any atom is 0.345 e. The lowest BCUT2D eigenvalue weighted by atomic mass is 10.2. The van der Waals surface area contributed by atoms with Crippen molar-refractivity contribution >= 4 is 17.3 Å². The van der Waals surface area contributed by atoms with Crippen molar-refractivity contribution in [3.63, 3.8) is 0 Å². The maximum atomic E-state index is 13.4. The number of anilines is 2. The second kappa shape index (κ2) is 6.21. The van der Waals surface area contributed by atoms with Gasteiger partial charge in [0.05, 0.1) is 5.69 Å². The summed E-state index contributed by atoms with van der Waals surface area (Å²) in [5.41, 5.74) is 5.71. The summed E-state index contributed by atoms with van der Waals surface area (Å²) in [4.78, 5) is 23.2. The summed E-state index contributed by atoms with van der Waals surface area (Å²) >= 11 is 0. The maximum absolute atomic E-state index is 13.4. The zero-order valence-electron chi connectivity index (χ0n) is 11.5. The van der Waals surface area contributed by atoms with Gasteiger partial charge >= 0.3 is 5.69 Å². The molecule has 1 aromatic carbocycles. The van der Waals surface area contributed by atoms with Gasteiger partial charge in [0.15, 0.2) is 0 Å². The number of carbonyl (C=O) groups excluding carboxylic acids is 1. The quantitative estimate of drug-likeness (QED) is 0.794. The highest BCUT2D eigenvalue weighted by molar-refractivity contribution is 5.91. The van der Waals surface area contributed by atoms with Gasteiger partial charge in [-0.15, -0.1) is 0 Å². The van der Waals surface area contributed by atoms with E-state index in [4.69, 9.17) is 5.73 Å². The molecule has 0 aliphatic carbocycles. The predicted octanol–water partition coefficient (Wildman–Crippen LogP) is 0.722. The Morgan fingerprint density at radius 1 is 1.48 bits per heavy atom. The Morgan fingerprint density at radius 2 is 2.24 bits per heavy atom. The molecule has 0 saturated carbocycles. The fourth-order valence-corrected chi connectivity index (χ4v) is 1.81.